The van der Waals surface area contributed by atoms with Crippen LogP contribution in [0.2, 0.25) is 0 Å². The molecular formula is C18H23NO4. The third kappa shape index (κ3) is 3.74. The third-order valence-electron chi connectivity index (χ3n) is 4.34. The number of hydrogen-bond donors (Lipinski definition) is 0. The fraction of sp³-hybridized carbons (Fsp3) is 0.500. The minimum Gasteiger partial charge on any atom is -0.496 e. The van der Waals surface area contributed by atoms with Crippen molar-refractivity contribution < 1.29 is 19.0 Å². The van der Waals surface area contributed by atoms with Crippen LogP contribution in [-0.4, -0.2) is 50.0 Å². The number of para-hydroxylation sites is 1. The zero-order valence-corrected chi connectivity index (χ0v) is 13.4. The number of benzene rings is 1. The normalized spacial score (nSPS) is 22.7. The summed E-state index contributed by atoms with van der Waals surface area (Å²) in [4.78, 5) is 14.5. The molecule has 2 fully saturated rings. The van der Waals surface area contributed by atoms with Gasteiger partial charge in [0.1, 0.15) is 5.75 Å². The number of carbonyl (C=O) groups excluding carboxylic acids is 1. The summed E-state index contributed by atoms with van der Waals surface area (Å²) in [6.07, 6.45) is 6.21. The monoisotopic (exact) mass is 317 g/mol. The van der Waals surface area contributed by atoms with Crippen molar-refractivity contribution in [1.29, 1.82) is 0 Å². The number of carbonyl (C=O) groups is 1. The van der Waals surface area contributed by atoms with Crippen molar-refractivity contribution in [2.24, 2.45) is 0 Å². The predicted octanol–water partition coefficient (Wildman–Crippen LogP) is 2.46. The van der Waals surface area contributed by atoms with Crippen molar-refractivity contribution in [1.82, 2.24) is 4.90 Å². The van der Waals surface area contributed by atoms with Crippen LogP contribution in [-0.2, 0) is 14.3 Å². The maximum Gasteiger partial charge on any atom is 0.247 e. The largest absolute Gasteiger partial charge is 0.496 e. The minimum atomic E-state index is -0.279. The highest BCUT2D eigenvalue weighted by atomic mass is 16.7. The molecule has 2 saturated heterocycles. The van der Waals surface area contributed by atoms with Gasteiger partial charge >= 0.3 is 0 Å². The van der Waals surface area contributed by atoms with E-state index in [-0.39, 0.29) is 18.2 Å². The first-order valence-electron chi connectivity index (χ1n) is 8.14. The van der Waals surface area contributed by atoms with E-state index in [1.165, 1.54) is 0 Å². The van der Waals surface area contributed by atoms with Crippen molar-refractivity contribution in [3.05, 3.63) is 35.9 Å². The van der Waals surface area contributed by atoms with Crippen LogP contribution in [0.1, 0.15) is 24.8 Å². The number of nitrogens with zero attached hydrogens (tertiary/aromatic N) is 1. The molecule has 5 nitrogen and oxygen atoms in total. The van der Waals surface area contributed by atoms with Crippen LogP contribution in [0.25, 0.3) is 6.08 Å². The molecule has 1 aromatic carbocycles. The fourth-order valence-electron chi connectivity index (χ4n) is 3.17. The van der Waals surface area contributed by atoms with Crippen LogP contribution in [0.5, 0.6) is 5.75 Å². The molecule has 3 rings (SSSR count). The molecule has 0 bridgehead atoms. The van der Waals surface area contributed by atoms with Crippen LogP contribution in [0.4, 0.5) is 0 Å². The Hall–Kier alpha value is -1.85. The molecule has 0 aliphatic carbocycles. The molecule has 124 valence electrons. The standard InChI is InChI=1S/C18H23NO4/c1-21-16-8-3-2-6-14(16)9-10-17(20)19-11-5-4-7-15(19)18-22-12-13-23-18/h2-3,6,8-10,15,18H,4-5,7,11-13H2,1H3/b10-9+. The molecule has 1 unspecified atom stereocenters. The van der Waals surface area contributed by atoms with Gasteiger partial charge in [0.2, 0.25) is 5.91 Å². The SMILES string of the molecule is COc1ccccc1/C=C/C(=O)N1CCCCC1C1OCCO1. The average molecular weight is 317 g/mol. The Kier molecular flexibility index (Phi) is 5.31. The molecule has 1 aromatic rings. The first-order chi connectivity index (χ1) is 11.3. The zero-order valence-electron chi connectivity index (χ0n) is 13.4. The summed E-state index contributed by atoms with van der Waals surface area (Å²) in [6.45, 7) is 1.98. The molecule has 0 N–H and O–H groups in total. The summed E-state index contributed by atoms with van der Waals surface area (Å²) in [5.74, 6) is 0.758. The van der Waals surface area contributed by atoms with E-state index in [4.69, 9.17) is 14.2 Å². The van der Waals surface area contributed by atoms with Crippen LogP contribution < -0.4 is 4.74 Å². The number of piperidine rings is 1. The molecule has 1 amide bonds. The lowest BCUT2D eigenvalue weighted by Gasteiger charge is -2.37. The second-order valence-corrected chi connectivity index (χ2v) is 5.78. The first kappa shape index (κ1) is 16.0. The summed E-state index contributed by atoms with van der Waals surface area (Å²) in [7, 11) is 1.63. The second-order valence-electron chi connectivity index (χ2n) is 5.78. The molecule has 23 heavy (non-hydrogen) atoms. The van der Waals surface area contributed by atoms with Gasteiger partial charge in [0.05, 0.1) is 26.4 Å². The molecular weight excluding hydrogens is 294 g/mol. The smallest absolute Gasteiger partial charge is 0.247 e. The topological polar surface area (TPSA) is 48.0 Å². The molecule has 0 saturated carbocycles. The Labute approximate surface area is 136 Å². The number of rotatable bonds is 4. The van der Waals surface area contributed by atoms with E-state index in [9.17, 15) is 4.79 Å². The van der Waals surface area contributed by atoms with Gasteiger partial charge in [-0.05, 0) is 31.4 Å². The Morgan fingerprint density at radius 2 is 2.04 bits per heavy atom. The molecule has 0 spiro atoms. The van der Waals surface area contributed by atoms with Crippen molar-refractivity contribution in [3.8, 4) is 5.75 Å². The highest BCUT2D eigenvalue weighted by Crippen LogP contribution is 2.25. The molecule has 1 atom stereocenters. The fourth-order valence-corrected chi connectivity index (χ4v) is 3.17. The van der Waals surface area contributed by atoms with E-state index in [0.717, 1.165) is 37.1 Å². The molecule has 0 aromatic heterocycles. The number of ether oxygens (including phenoxy) is 3. The highest BCUT2D eigenvalue weighted by molar-refractivity contribution is 5.92. The highest BCUT2D eigenvalue weighted by Gasteiger charge is 2.35. The molecule has 2 aliphatic heterocycles. The summed E-state index contributed by atoms with van der Waals surface area (Å²) in [5.41, 5.74) is 0.894. The van der Waals surface area contributed by atoms with Gasteiger partial charge in [-0.2, -0.15) is 0 Å². The van der Waals surface area contributed by atoms with Crippen molar-refractivity contribution in [2.75, 3.05) is 26.9 Å². The number of methoxy groups -OCH3 is 1. The second kappa shape index (κ2) is 7.62. The zero-order chi connectivity index (χ0) is 16.1. The van der Waals surface area contributed by atoms with Gasteiger partial charge in [0.15, 0.2) is 6.29 Å². The molecule has 2 aliphatic rings. The van der Waals surface area contributed by atoms with Gasteiger partial charge in [-0.15, -0.1) is 0 Å². The van der Waals surface area contributed by atoms with Crippen molar-refractivity contribution in [2.45, 2.75) is 31.6 Å². The molecule has 2 heterocycles. The number of amides is 1. The van der Waals surface area contributed by atoms with Crippen LogP contribution in [0.15, 0.2) is 30.3 Å². The minimum absolute atomic E-state index is 0.000272. The van der Waals surface area contributed by atoms with E-state index in [1.807, 2.05) is 35.2 Å². The lowest BCUT2D eigenvalue weighted by molar-refractivity contribution is -0.145. The summed E-state index contributed by atoms with van der Waals surface area (Å²) < 4.78 is 16.5. The summed E-state index contributed by atoms with van der Waals surface area (Å²) in [5, 5.41) is 0. The van der Waals surface area contributed by atoms with Crippen LogP contribution in [0.3, 0.4) is 0 Å². The van der Waals surface area contributed by atoms with Gasteiger partial charge < -0.3 is 19.1 Å². The Morgan fingerprint density at radius 1 is 1.26 bits per heavy atom. The van der Waals surface area contributed by atoms with Crippen LogP contribution in [0, 0.1) is 0 Å². The third-order valence-corrected chi connectivity index (χ3v) is 4.34. The Morgan fingerprint density at radius 3 is 2.83 bits per heavy atom. The molecule has 0 radical (unpaired) electrons. The van der Waals surface area contributed by atoms with Gasteiger partial charge in [-0.1, -0.05) is 18.2 Å². The van der Waals surface area contributed by atoms with E-state index in [2.05, 4.69) is 0 Å². The van der Waals surface area contributed by atoms with E-state index in [1.54, 1.807) is 13.2 Å². The summed E-state index contributed by atoms with van der Waals surface area (Å²) >= 11 is 0. The van der Waals surface area contributed by atoms with Gasteiger partial charge in [0, 0.05) is 18.2 Å². The Bertz CT molecular complexity index is 566. The quantitative estimate of drug-likeness (QED) is 0.801. The van der Waals surface area contributed by atoms with E-state index < -0.39 is 0 Å². The van der Waals surface area contributed by atoms with Crippen LogP contribution >= 0.6 is 0 Å². The van der Waals surface area contributed by atoms with Gasteiger partial charge in [-0.25, -0.2) is 0 Å². The lowest BCUT2D eigenvalue weighted by atomic mass is 10.0. The van der Waals surface area contributed by atoms with E-state index >= 15 is 0 Å². The lowest BCUT2D eigenvalue weighted by Crippen LogP contribution is -2.49. The maximum absolute atomic E-state index is 12.6. The van der Waals surface area contributed by atoms with Crippen molar-refractivity contribution >= 4 is 12.0 Å². The maximum atomic E-state index is 12.6. The number of hydrogen-bond acceptors (Lipinski definition) is 4. The summed E-state index contributed by atoms with van der Waals surface area (Å²) in [6, 6.07) is 7.67. The van der Waals surface area contributed by atoms with E-state index in [0.29, 0.717) is 13.2 Å². The Balaban J connectivity index is 1.71. The molecule has 5 heteroatoms. The van der Waals surface area contributed by atoms with Gasteiger partial charge in [0.25, 0.3) is 0 Å². The van der Waals surface area contributed by atoms with Crippen molar-refractivity contribution in [3.63, 3.8) is 0 Å². The van der Waals surface area contributed by atoms with Gasteiger partial charge in [-0.3, -0.25) is 4.79 Å². The average Bonchev–Trinajstić information content (AvgIpc) is 3.14. The first-order valence-corrected chi connectivity index (χ1v) is 8.14. The number of likely N-dealkylation sites (tertiary alicyclic amines) is 1. The predicted molar refractivity (Wildman–Crippen MR) is 87.1 cm³/mol.